The molecule has 0 saturated carbocycles. The maximum atomic E-state index is 10.7. The molecule has 0 radical (unpaired) electrons. The standard InChI is InChI=1S/C11H12N2O/c12-10(11(13)14)8-9-6-4-2-1-3-5-7-9/h1-8H,12H2,(H2,13,14). The topological polar surface area (TPSA) is 69.1 Å². The van der Waals surface area contributed by atoms with Gasteiger partial charge in [-0.1, -0.05) is 42.5 Å². The second-order valence-electron chi connectivity index (χ2n) is 2.76. The highest BCUT2D eigenvalue weighted by atomic mass is 16.1. The maximum absolute atomic E-state index is 10.7. The van der Waals surface area contributed by atoms with Gasteiger partial charge in [0, 0.05) is 0 Å². The molecule has 0 aromatic rings. The van der Waals surface area contributed by atoms with E-state index in [-0.39, 0.29) is 5.70 Å². The fourth-order valence-electron chi connectivity index (χ4n) is 0.928. The predicted molar refractivity (Wildman–Crippen MR) is 57.0 cm³/mol. The van der Waals surface area contributed by atoms with Crippen LogP contribution in [-0.4, -0.2) is 5.91 Å². The molecule has 0 unspecified atom stereocenters. The molecule has 4 N–H and O–H groups in total. The predicted octanol–water partition coefficient (Wildman–Crippen LogP) is 0.923. The molecule has 0 fully saturated rings. The minimum absolute atomic E-state index is 0.0545. The fraction of sp³-hybridized carbons (Fsp3) is 0. The Bertz CT molecular complexity index is 371. The molecular formula is C11H12N2O. The first kappa shape index (κ1) is 10.1. The minimum Gasteiger partial charge on any atom is -0.394 e. The number of carbonyl (C=O) groups excluding carboxylic acids is 1. The van der Waals surface area contributed by atoms with Crippen LogP contribution in [0.5, 0.6) is 0 Å². The largest absolute Gasteiger partial charge is 0.394 e. The quantitative estimate of drug-likeness (QED) is 0.633. The number of amides is 1. The number of allylic oxidation sites excluding steroid dienone is 9. The summed E-state index contributed by atoms with van der Waals surface area (Å²) in [7, 11) is 0. The van der Waals surface area contributed by atoms with Crippen LogP contribution in [-0.2, 0) is 4.79 Å². The van der Waals surface area contributed by atoms with Gasteiger partial charge < -0.3 is 11.5 Å². The lowest BCUT2D eigenvalue weighted by molar-refractivity contribution is -0.114. The van der Waals surface area contributed by atoms with Gasteiger partial charge in [0.2, 0.25) is 0 Å². The fourth-order valence-corrected chi connectivity index (χ4v) is 0.928. The van der Waals surface area contributed by atoms with Crippen LogP contribution in [0.1, 0.15) is 0 Å². The monoisotopic (exact) mass is 188 g/mol. The Hall–Kier alpha value is -2.03. The third-order valence-corrected chi connectivity index (χ3v) is 1.63. The van der Waals surface area contributed by atoms with E-state index in [1.54, 1.807) is 6.08 Å². The number of hydrogen-bond acceptors (Lipinski definition) is 2. The van der Waals surface area contributed by atoms with Crippen molar-refractivity contribution in [2.24, 2.45) is 11.5 Å². The number of primary amides is 1. The summed E-state index contributed by atoms with van der Waals surface area (Å²) >= 11 is 0. The summed E-state index contributed by atoms with van der Waals surface area (Å²) in [5.41, 5.74) is 11.3. The molecule has 0 aromatic heterocycles. The van der Waals surface area contributed by atoms with Crippen LogP contribution < -0.4 is 11.5 Å². The highest BCUT2D eigenvalue weighted by Gasteiger charge is 1.97. The van der Waals surface area contributed by atoms with E-state index in [0.717, 1.165) is 5.57 Å². The first-order valence-electron chi connectivity index (χ1n) is 4.19. The maximum Gasteiger partial charge on any atom is 0.264 e. The molecule has 0 atom stereocenters. The highest BCUT2D eigenvalue weighted by Crippen LogP contribution is 2.04. The third kappa shape index (κ3) is 3.15. The highest BCUT2D eigenvalue weighted by molar-refractivity contribution is 5.91. The molecular weight excluding hydrogens is 176 g/mol. The first-order valence-corrected chi connectivity index (χ1v) is 4.19. The summed E-state index contributed by atoms with van der Waals surface area (Å²) in [5.74, 6) is -0.610. The SMILES string of the molecule is NC(=O)C(N)=CC1=CC=CC=CC=C1. The molecule has 1 aliphatic rings. The van der Waals surface area contributed by atoms with E-state index in [4.69, 9.17) is 11.5 Å². The van der Waals surface area contributed by atoms with E-state index in [9.17, 15) is 4.79 Å². The smallest absolute Gasteiger partial charge is 0.264 e. The van der Waals surface area contributed by atoms with E-state index < -0.39 is 5.91 Å². The molecule has 0 aliphatic heterocycles. The Kier molecular flexibility index (Phi) is 3.49. The molecule has 72 valence electrons. The van der Waals surface area contributed by atoms with Crippen LogP contribution in [0.25, 0.3) is 0 Å². The second-order valence-corrected chi connectivity index (χ2v) is 2.76. The molecule has 14 heavy (non-hydrogen) atoms. The number of nitrogens with two attached hydrogens (primary N) is 2. The van der Waals surface area contributed by atoms with E-state index in [1.165, 1.54) is 0 Å². The van der Waals surface area contributed by atoms with Crippen LogP contribution in [0.3, 0.4) is 0 Å². The van der Waals surface area contributed by atoms with Crippen molar-refractivity contribution in [1.29, 1.82) is 0 Å². The Labute approximate surface area is 82.8 Å². The van der Waals surface area contributed by atoms with Crippen LogP contribution in [0.2, 0.25) is 0 Å². The van der Waals surface area contributed by atoms with Gasteiger partial charge in [-0.3, -0.25) is 4.79 Å². The zero-order valence-electron chi connectivity index (χ0n) is 7.68. The van der Waals surface area contributed by atoms with E-state index in [0.29, 0.717) is 0 Å². The number of carbonyl (C=O) groups is 1. The van der Waals surface area contributed by atoms with Gasteiger partial charge in [0.15, 0.2) is 0 Å². The van der Waals surface area contributed by atoms with Crippen molar-refractivity contribution in [1.82, 2.24) is 0 Å². The van der Waals surface area contributed by atoms with Crippen molar-refractivity contribution >= 4 is 5.91 Å². The summed E-state index contributed by atoms with van der Waals surface area (Å²) < 4.78 is 0. The molecule has 0 aromatic carbocycles. The van der Waals surface area contributed by atoms with Crippen molar-refractivity contribution in [3.8, 4) is 0 Å². The molecule has 1 rings (SSSR count). The molecule has 1 amide bonds. The van der Waals surface area contributed by atoms with Crippen molar-refractivity contribution in [2.75, 3.05) is 0 Å². The van der Waals surface area contributed by atoms with Crippen LogP contribution in [0, 0.1) is 0 Å². The van der Waals surface area contributed by atoms with Crippen molar-refractivity contribution in [3.63, 3.8) is 0 Å². The average Bonchev–Trinajstić information content (AvgIpc) is 2.08. The molecule has 0 saturated heterocycles. The molecule has 0 heterocycles. The summed E-state index contributed by atoms with van der Waals surface area (Å²) in [5, 5.41) is 0. The van der Waals surface area contributed by atoms with E-state index in [1.807, 2.05) is 42.5 Å². The van der Waals surface area contributed by atoms with Crippen LogP contribution in [0.15, 0.2) is 59.9 Å². The van der Waals surface area contributed by atoms with E-state index in [2.05, 4.69) is 0 Å². The normalized spacial score (nSPS) is 16.0. The number of hydrogen-bond donors (Lipinski definition) is 2. The lowest BCUT2D eigenvalue weighted by Gasteiger charge is -1.96. The van der Waals surface area contributed by atoms with Crippen LogP contribution in [0.4, 0.5) is 0 Å². The van der Waals surface area contributed by atoms with E-state index >= 15 is 0 Å². The Balaban J connectivity index is 2.88. The summed E-state index contributed by atoms with van der Waals surface area (Å²) in [4.78, 5) is 10.7. The van der Waals surface area contributed by atoms with Gasteiger partial charge in [-0.05, 0) is 11.6 Å². The lowest BCUT2D eigenvalue weighted by atomic mass is 10.1. The molecule has 3 nitrogen and oxygen atoms in total. The van der Waals surface area contributed by atoms with Gasteiger partial charge in [-0.15, -0.1) is 0 Å². The summed E-state index contributed by atoms with van der Waals surface area (Å²) in [6.07, 6.45) is 14.6. The Morgan fingerprint density at radius 2 is 1.71 bits per heavy atom. The lowest BCUT2D eigenvalue weighted by Crippen LogP contribution is -2.20. The number of rotatable bonds is 2. The molecule has 1 aliphatic carbocycles. The Morgan fingerprint density at radius 3 is 2.43 bits per heavy atom. The first-order chi connectivity index (χ1) is 6.70. The average molecular weight is 188 g/mol. The molecule has 0 bridgehead atoms. The van der Waals surface area contributed by atoms with Crippen LogP contribution >= 0.6 is 0 Å². The minimum atomic E-state index is -0.610. The molecule has 0 spiro atoms. The van der Waals surface area contributed by atoms with Gasteiger partial charge in [0.05, 0.1) is 5.70 Å². The summed E-state index contributed by atoms with van der Waals surface area (Å²) in [6.45, 7) is 0. The van der Waals surface area contributed by atoms with Gasteiger partial charge in [0.1, 0.15) is 0 Å². The van der Waals surface area contributed by atoms with Crippen molar-refractivity contribution in [3.05, 3.63) is 59.9 Å². The van der Waals surface area contributed by atoms with Gasteiger partial charge in [-0.25, -0.2) is 0 Å². The zero-order chi connectivity index (χ0) is 10.4. The van der Waals surface area contributed by atoms with Gasteiger partial charge in [0.25, 0.3) is 5.91 Å². The van der Waals surface area contributed by atoms with Crippen molar-refractivity contribution in [2.45, 2.75) is 0 Å². The third-order valence-electron chi connectivity index (χ3n) is 1.63. The van der Waals surface area contributed by atoms with Crippen molar-refractivity contribution < 1.29 is 4.79 Å². The zero-order valence-corrected chi connectivity index (χ0v) is 7.68. The van der Waals surface area contributed by atoms with Gasteiger partial charge in [-0.2, -0.15) is 0 Å². The molecule has 3 heteroatoms. The Morgan fingerprint density at radius 1 is 1.07 bits per heavy atom. The second kappa shape index (κ2) is 4.87. The summed E-state index contributed by atoms with van der Waals surface area (Å²) in [6, 6.07) is 0. The van der Waals surface area contributed by atoms with Gasteiger partial charge >= 0.3 is 0 Å².